The summed E-state index contributed by atoms with van der Waals surface area (Å²) >= 11 is 14.1. The molecule has 2 saturated heterocycles. The van der Waals surface area contributed by atoms with Crippen molar-refractivity contribution < 1.29 is 19.1 Å². The molecule has 0 unspecified atom stereocenters. The number of benzene rings is 3. The van der Waals surface area contributed by atoms with Gasteiger partial charge in [0.05, 0.1) is 16.1 Å². The first-order valence-electron chi connectivity index (χ1n) is 17.4. The fourth-order valence-corrected chi connectivity index (χ4v) is 9.17. The number of ketones is 1. The number of aromatic nitrogens is 1. The number of thiophene rings is 1. The summed E-state index contributed by atoms with van der Waals surface area (Å²) in [6.45, 7) is 5.68. The van der Waals surface area contributed by atoms with E-state index in [9.17, 15) is 14.4 Å². The fourth-order valence-electron chi connectivity index (χ4n) is 7.46. The maximum absolute atomic E-state index is 14.1. The molecule has 2 fully saturated rings. The highest BCUT2D eigenvalue weighted by Crippen LogP contribution is 2.44. The molecule has 1 N–H and O–H groups in total. The van der Waals surface area contributed by atoms with Gasteiger partial charge in [-0.05, 0) is 97.5 Å². The third-order valence-electron chi connectivity index (χ3n) is 10.3. The van der Waals surface area contributed by atoms with E-state index in [2.05, 4.69) is 15.2 Å². The number of anilines is 3. The lowest BCUT2D eigenvalue weighted by Crippen LogP contribution is -2.59. The number of rotatable bonds is 7. The van der Waals surface area contributed by atoms with Crippen molar-refractivity contribution in [3.63, 3.8) is 0 Å². The lowest BCUT2D eigenvalue weighted by Gasteiger charge is -2.53. The Kier molecular flexibility index (Phi) is 9.38. The predicted octanol–water partition coefficient (Wildman–Crippen LogP) is 8.92. The van der Waals surface area contributed by atoms with Crippen LogP contribution in [-0.4, -0.2) is 55.4 Å². The molecule has 5 aromatic rings. The summed E-state index contributed by atoms with van der Waals surface area (Å²) in [5, 5.41) is 3.96. The second kappa shape index (κ2) is 14.1. The van der Waals surface area contributed by atoms with Crippen molar-refractivity contribution in [2.75, 3.05) is 48.0 Å². The Morgan fingerprint density at radius 3 is 2.42 bits per heavy atom. The number of para-hydroxylation sites is 1. The largest absolute Gasteiger partial charge is 0.381 e. The van der Waals surface area contributed by atoms with Crippen LogP contribution in [0.1, 0.15) is 59.9 Å². The minimum atomic E-state index is -0.237. The Bertz CT molecular complexity index is 2180. The van der Waals surface area contributed by atoms with Gasteiger partial charge in [-0.1, -0.05) is 47.5 Å². The van der Waals surface area contributed by atoms with E-state index in [4.69, 9.17) is 27.9 Å². The Hall–Kier alpha value is -4.54. The number of nitrogens with one attached hydrogen (secondary N) is 1. The van der Waals surface area contributed by atoms with Crippen molar-refractivity contribution in [3.8, 4) is 10.4 Å². The van der Waals surface area contributed by atoms with Gasteiger partial charge in [0.1, 0.15) is 5.82 Å². The molecule has 0 atom stereocenters. The maximum Gasteiger partial charge on any atom is 0.259 e. The average Bonchev–Trinajstić information content (AvgIpc) is 3.51. The van der Waals surface area contributed by atoms with Crippen molar-refractivity contribution in [2.24, 2.45) is 5.41 Å². The van der Waals surface area contributed by atoms with Gasteiger partial charge in [-0.25, -0.2) is 4.98 Å². The third-order valence-corrected chi connectivity index (χ3v) is 12.3. The SMILES string of the molecule is Cc1cnc(N2CC3(CCOCC3)C2)c(C(=O)Nc2ccc(C(=O)N3CCc4cc(C(=O)Cc5c(Cl)cccc5Cl)sc4-c4ccccc43)cc2)c1. The van der Waals surface area contributed by atoms with E-state index in [0.29, 0.717) is 56.1 Å². The van der Waals surface area contributed by atoms with Crippen LogP contribution >= 0.6 is 34.5 Å². The molecule has 2 aromatic heterocycles. The molecule has 0 saturated carbocycles. The van der Waals surface area contributed by atoms with E-state index < -0.39 is 0 Å². The summed E-state index contributed by atoms with van der Waals surface area (Å²) in [5.41, 5.74) is 6.11. The molecule has 3 aliphatic heterocycles. The highest BCUT2D eigenvalue weighted by molar-refractivity contribution is 7.17. The summed E-state index contributed by atoms with van der Waals surface area (Å²) in [5.74, 6) is 0.264. The molecule has 52 heavy (non-hydrogen) atoms. The van der Waals surface area contributed by atoms with Crippen LogP contribution in [0.15, 0.2) is 85.1 Å². The highest BCUT2D eigenvalue weighted by Gasteiger charge is 2.45. The van der Waals surface area contributed by atoms with E-state index in [0.717, 1.165) is 66.4 Å². The lowest BCUT2D eigenvalue weighted by molar-refractivity contribution is -0.000511. The van der Waals surface area contributed by atoms with Crippen LogP contribution in [0.4, 0.5) is 17.2 Å². The van der Waals surface area contributed by atoms with Crippen molar-refractivity contribution >= 4 is 69.3 Å². The summed E-state index contributed by atoms with van der Waals surface area (Å²) in [4.78, 5) is 51.3. The molecule has 2 amide bonds. The van der Waals surface area contributed by atoms with Gasteiger partial charge in [-0.3, -0.25) is 14.4 Å². The van der Waals surface area contributed by atoms with Crippen molar-refractivity contribution in [3.05, 3.63) is 128 Å². The minimum absolute atomic E-state index is 0.0514. The number of amides is 2. The number of pyridine rings is 1. The number of carbonyl (C=O) groups is 3. The maximum atomic E-state index is 14.1. The van der Waals surface area contributed by atoms with Crippen LogP contribution in [0.2, 0.25) is 10.0 Å². The molecule has 8 nitrogen and oxygen atoms in total. The van der Waals surface area contributed by atoms with Crippen LogP contribution in [0.5, 0.6) is 0 Å². The third kappa shape index (κ3) is 6.63. The molecule has 3 aromatic carbocycles. The first-order chi connectivity index (χ1) is 25.2. The van der Waals surface area contributed by atoms with Gasteiger partial charge in [-0.2, -0.15) is 0 Å². The lowest BCUT2D eigenvalue weighted by atomic mass is 9.73. The molecule has 0 aliphatic carbocycles. The van der Waals surface area contributed by atoms with Crippen molar-refractivity contribution in [1.29, 1.82) is 0 Å². The normalized spacial score (nSPS) is 16.1. The molecule has 0 bridgehead atoms. The fraction of sp³-hybridized carbons (Fsp3) is 0.268. The first-order valence-corrected chi connectivity index (χ1v) is 19.0. The van der Waals surface area contributed by atoms with Crippen LogP contribution in [0.25, 0.3) is 10.4 Å². The van der Waals surface area contributed by atoms with Gasteiger partial charge in [0, 0.05) is 82.6 Å². The number of Topliss-reactive ketones (excluding diaryl/α,β-unsaturated/α-hetero) is 1. The van der Waals surface area contributed by atoms with Crippen molar-refractivity contribution in [2.45, 2.75) is 32.6 Å². The Balaban J connectivity index is 0.976. The molecule has 0 radical (unpaired) electrons. The van der Waals surface area contributed by atoms with Gasteiger partial charge in [0.15, 0.2) is 5.78 Å². The standard InChI is InChI=1S/C41H36Cl2N4O4S/c1-25-19-31(38(44-22-25)46-23-41(24-46)14-17-51-18-15-41)39(49)45-28-11-9-26(10-12-28)40(50)47-16-13-27-20-36(52-37(27)29-5-2-3-8-34(29)47)35(48)21-30-32(42)6-4-7-33(30)43/h2-12,19-20,22H,13-18,21,23-24H2,1H3,(H,45,49). The second-order valence-corrected chi connectivity index (χ2v) is 15.7. The number of hydrogen-bond acceptors (Lipinski definition) is 7. The first kappa shape index (κ1) is 34.5. The van der Waals surface area contributed by atoms with E-state index in [1.165, 1.54) is 11.3 Å². The van der Waals surface area contributed by atoms with E-state index in [-0.39, 0.29) is 29.4 Å². The topological polar surface area (TPSA) is 91.8 Å². The smallest absolute Gasteiger partial charge is 0.259 e. The van der Waals surface area contributed by atoms with Crippen LogP contribution in [-0.2, 0) is 17.6 Å². The molecule has 1 spiro atoms. The molecule has 3 aliphatic rings. The number of hydrogen-bond donors (Lipinski definition) is 1. The molecule has 5 heterocycles. The van der Waals surface area contributed by atoms with E-state index in [1.54, 1.807) is 53.6 Å². The number of ether oxygens (including phenoxy) is 1. The number of carbonyl (C=O) groups excluding carboxylic acids is 3. The zero-order chi connectivity index (χ0) is 36.0. The average molecular weight is 752 g/mol. The predicted molar refractivity (Wildman–Crippen MR) is 208 cm³/mol. The summed E-state index contributed by atoms with van der Waals surface area (Å²) in [7, 11) is 0. The molecule has 264 valence electrons. The van der Waals surface area contributed by atoms with Crippen molar-refractivity contribution in [1.82, 2.24) is 4.98 Å². The van der Waals surface area contributed by atoms with Crippen LogP contribution < -0.4 is 15.1 Å². The van der Waals surface area contributed by atoms with E-state index in [1.807, 2.05) is 43.3 Å². The van der Waals surface area contributed by atoms with Gasteiger partial charge in [-0.15, -0.1) is 11.3 Å². The number of nitrogens with zero attached hydrogens (tertiary/aromatic N) is 3. The van der Waals surface area contributed by atoms with Gasteiger partial charge in [0.25, 0.3) is 11.8 Å². The zero-order valence-corrected chi connectivity index (χ0v) is 30.9. The summed E-state index contributed by atoms with van der Waals surface area (Å²) in [6.07, 6.45) is 4.56. The van der Waals surface area contributed by atoms with Gasteiger partial charge >= 0.3 is 0 Å². The zero-order valence-electron chi connectivity index (χ0n) is 28.6. The van der Waals surface area contributed by atoms with E-state index >= 15 is 0 Å². The molecular weight excluding hydrogens is 715 g/mol. The van der Waals surface area contributed by atoms with Crippen LogP contribution in [0.3, 0.4) is 0 Å². The van der Waals surface area contributed by atoms with Crippen LogP contribution in [0, 0.1) is 12.3 Å². The van der Waals surface area contributed by atoms with Gasteiger partial charge < -0.3 is 19.9 Å². The molecular formula is C41H36Cl2N4O4S. The summed E-state index contributed by atoms with van der Waals surface area (Å²) in [6, 6.07) is 23.9. The molecule has 8 rings (SSSR count). The Labute approximate surface area is 316 Å². The second-order valence-electron chi connectivity index (χ2n) is 13.9. The highest BCUT2D eigenvalue weighted by atomic mass is 35.5. The summed E-state index contributed by atoms with van der Waals surface area (Å²) < 4.78 is 5.57. The quantitative estimate of drug-likeness (QED) is 0.167. The number of halogens is 2. The molecule has 11 heteroatoms. The minimum Gasteiger partial charge on any atom is -0.381 e. The van der Waals surface area contributed by atoms with Gasteiger partial charge in [0.2, 0.25) is 0 Å². The number of aryl methyl sites for hydroxylation is 1. The monoisotopic (exact) mass is 750 g/mol. The Morgan fingerprint density at radius 2 is 1.67 bits per heavy atom. The Morgan fingerprint density at radius 1 is 0.942 bits per heavy atom. The number of fused-ring (bicyclic) bond motifs is 3.